The maximum Gasteiger partial charge on any atom is 0.264 e. The molecule has 5 heteroatoms. The lowest BCUT2D eigenvalue weighted by Gasteiger charge is -2.02. The summed E-state index contributed by atoms with van der Waals surface area (Å²) in [4.78, 5) is 13.1. The first-order valence-electron chi connectivity index (χ1n) is 3.20. The third-order valence-electron chi connectivity index (χ3n) is 1.52. The lowest BCUT2D eigenvalue weighted by atomic mass is 10.2. The van der Waals surface area contributed by atoms with Crippen LogP contribution in [0.4, 0.5) is 8.78 Å². The molecule has 0 aliphatic carbocycles. The second-order valence-electron chi connectivity index (χ2n) is 2.33. The van der Waals surface area contributed by atoms with Crippen molar-refractivity contribution in [1.29, 1.82) is 0 Å². The largest absolute Gasteiger partial charge is 0.313 e. The van der Waals surface area contributed by atoms with Crippen LogP contribution < -0.4 is 5.56 Å². The Morgan fingerprint density at radius 3 is 2.67 bits per heavy atom. The van der Waals surface area contributed by atoms with Crippen molar-refractivity contribution in [3.8, 4) is 0 Å². The third kappa shape index (κ3) is 1.64. The molecule has 12 heavy (non-hydrogen) atoms. The minimum atomic E-state index is -2.66. The number of halogens is 3. The van der Waals surface area contributed by atoms with E-state index < -0.39 is 12.0 Å². The van der Waals surface area contributed by atoms with Gasteiger partial charge in [0.05, 0.1) is 0 Å². The molecule has 1 aromatic heterocycles. The van der Waals surface area contributed by atoms with E-state index in [1.54, 1.807) is 0 Å². The summed E-state index contributed by atoms with van der Waals surface area (Å²) in [5.41, 5.74) is -0.879. The van der Waals surface area contributed by atoms with Gasteiger partial charge in [0.25, 0.3) is 12.0 Å². The van der Waals surface area contributed by atoms with E-state index in [2.05, 4.69) is 4.98 Å². The highest BCUT2D eigenvalue weighted by molar-refractivity contribution is 6.29. The molecule has 0 bridgehead atoms. The standard InChI is InChI=1S/C7H6ClF2NO/c1-3-4(6(9)10)2-5(8)11-7(3)12/h2,6H,1H3,(H,11,12). The van der Waals surface area contributed by atoms with E-state index >= 15 is 0 Å². The maximum atomic E-state index is 12.2. The first kappa shape index (κ1) is 9.19. The van der Waals surface area contributed by atoms with Crippen LogP contribution in [0, 0.1) is 6.92 Å². The molecule has 2 nitrogen and oxygen atoms in total. The first-order chi connectivity index (χ1) is 5.52. The average Bonchev–Trinajstić information content (AvgIpc) is 1.96. The van der Waals surface area contributed by atoms with Crippen molar-refractivity contribution >= 4 is 11.6 Å². The minimum absolute atomic E-state index is 0.00870. The molecule has 0 unspecified atom stereocenters. The summed E-state index contributed by atoms with van der Waals surface area (Å²) in [7, 11) is 0. The fourth-order valence-electron chi connectivity index (χ4n) is 0.841. The molecule has 0 aromatic carbocycles. The van der Waals surface area contributed by atoms with E-state index in [0.717, 1.165) is 6.07 Å². The lowest BCUT2D eigenvalue weighted by Crippen LogP contribution is -2.12. The molecule has 0 saturated heterocycles. The highest BCUT2D eigenvalue weighted by Crippen LogP contribution is 2.21. The summed E-state index contributed by atoms with van der Waals surface area (Å²) in [6.45, 7) is 1.33. The lowest BCUT2D eigenvalue weighted by molar-refractivity contribution is 0.150. The molecule has 1 N–H and O–H groups in total. The Morgan fingerprint density at radius 2 is 2.17 bits per heavy atom. The summed E-state index contributed by atoms with van der Waals surface area (Å²) in [6.07, 6.45) is -2.66. The molecule has 0 amide bonds. The number of nitrogens with one attached hydrogen (secondary N) is 1. The summed E-state index contributed by atoms with van der Waals surface area (Å²) in [5.74, 6) is 0. The van der Waals surface area contributed by atoms with Crippen molar-refractivity contribution in [3.63, 3.8) is 0 Å². The molecular formula is C7H6ClF2NO. The number of alkyl halides is 2. The maximum absolute atomic E-state index is 12.2. The molecule has 0 aliphatic heterocycles. The Kier molecular flexibility index (Phi) is 2.47. The van der Waals surface area contributed by atoms with E-state index in [1.165, 1.54) is 6.92 Å². The van der Waals surface area contributed by atoms with E-state index in [0.29, 0.717) is 0 Å². The Balaban J connectivity index is 3.38. The number of pyridine rings is 1. The van der Waals surface area contributed by atoms with Gasteiger partial charge in [-0.1, -0.05) is 11.6 Å². The van der Waals surface area contributed by atoms with Crippen LogP contribution in [0.2, 0.25) is 5.15 Å². The topological polar surface area (TPSA) is 32.9 Å². The Morgan fingerprint density at radius 1 is 1.58 bits per heavy atom. The summed E-state index contributed by atoms with van der Waals surface area (Å²) < 4.78 is 24.4. The zero-order valence-electron chi connectivity index (χ0n) is 6.20. The van der Waals surface area contributed by atoms with Crippen LogP contribution in [0.15, 0.2) is 10.9 Å². The molecule has 1 heterocycles. The molecule has 0 fully saturated rings. The third-order valence-corrected chi connectivity index (χ3v) is 1.73. The van der Waals surface area contributed by atoms with Gasteiger partial charge in [0, 0.05) is 11.1 Å². The van der Waals surface area contributed by atoms with Crippen molar-refractivity contribution in [1.82, 2.24) is 4.98 Å². The van der Waals surface area contributed by atoms with Crippen molar-refractivity contribution in [2.45, 2.75) is 13.3 Å². The number of aromatic amines is 1. The summed E-state index contributed by atoms with van der Waals surface area (Å²) in [6, 6.07) is 1.06. The van der Waals surface area contributed by atoms with Crippen LogP contribution in [0.1, 0.15) is 17.6 Å². The summed E-state index contributed by atoms with van der Waals surface area (Å²) >= 11 is 5.38. The van der Waals surface area contributed by atoms with E-state index in [1.807, 2.05) is 0 Å². The van der Waals surface area contributed by atoms with Gasteiger partial charge in [-0.3, -0.25) is 4.79 Å². The molecular weight excluding hydrogens is 188 g/mol. The zero-order valence-corrected chi connectivity index (χ0v) is 6.95. The second kappa shape index (κ2) is 3.23. The Hall–Kier alpha value is -0.900. The number of H-pyrrole nitrogens is 1. The van der Waals surface area contributed by atoms with Crippen LogP contribution >= 0.6 is 11.6 Å². The van der Waals surface area contributed by atoms with Crippen molar-refractivity contribution in [2.75, 3.05) is 0 Å². The molecule has 0 spiro atoms. The van der Waals surface area contributed by atoms with Crippen LogP contribution in [0.3, 0.4) is 0 Å². The van der Waals surface area contributed by atoms with Gasteiger partial charge < -0.3 is 4.98 Å². The SMILES string of the molecule is Cc1c(C(F)F)cc(Cl)[nH]c1=O. The van der Waals surface area contributed by atoms with Gasteiger partial charge in [0.15, 0.2) is 0 Å². The average molecular weight is 194 g/mol. The summed E-state index contributed by atoms with van der Waals surface area (Å²) in [5, 5.41) is -0.0686. The number of aromatic nitrogens is 1. The first-order valence-corrected chi connectivity index (χ1v) is 3.57. The van der Waals surface area contributed by atoms with Crippen molar-refractivity contribution in [2.24, 2.45) is 0 Å². The molecule has 0 aliphatic rings. The predicted octanol–water partition coefficient (Wildman–Crippen LogP) is 2.27. The molecule has 0 atom stereocenters. The molecule has 0 radical (unpaired) electrons. The van der Waals surface area contributed by atoms with Crippen LogP contribution in [0.5, 0.6) is 0 Å². The van der Waals surface area contributed by atoms with Gasteiger partial charge in [-0.05, 0) is 13.0 Å². The smallest absolute Gasteiger partial charge is 0.264 e. The van der Waals surface area contributed by atoms with Crippen LogP contribution in [0.25, 0.3) is 0 Å². The number of hydrogen-bond acceptors (Lipinski definition) is 1. The Labute approximate surface area is 72.2 Å². The molecule has 0 saturated carbocycles. The van der Waals surface area contributed by atoms with E-state index in [4.69, 9.17) is 11.6 Å². The molecule has 66 valence electrons. The van der Waals surface area contributed by atoms with E-state index in [9.17, 15) is 13.6 Å². The van der Waals surface area contributed by atoms with Gasteiger partial charge in [0.1, 0.15) is 5.15 Å². The van der Waals surface area contributed by atoms with Gasteiger partial charge in [-0.2, -0.15) is 0 Å². The van der Waals surface area contributed by atoms with Crippen LogP contribution in [-0.2, 0) is 0 Å². The zero-order chi connectivity index (χ0) is 9.30. The van der Waals surface area contributed by atoms with Crippen LogP contribution in [-0.4, -0.2) is 4.98 Å². The second-order valence-corrected chi connectivity index (χ2v) is 2.73. The van der Waals surface area contributed by atoms with Gasteiger partial charge in [-0.15, -0.1) is 0 Å². The fraction of sp³-hybridized carbons (Fsp3) is 0.286. The Bertz CT molecular complexity index is 348. The quantitative estimate of drug-likeness (QED) is 0.682. The molecule has 1 aromatic rings. The molecule has 1 rings (SSSR count). The fourth-order valence-corrected chi connectivity index (χ4v) is 1.04. The predicted molar refractivity (Wildman–Crippen MR) is 41.8 cm³/mol. The normalized spacial score (nSPS) is 10.8. The van der Waals surface area contributed by atoms with Gasteiger partial charge in [0.2, 0.25) is 0 Å². The van der Waals surface area contributed by atoms with Crippen molar-refractivity contribution < 1.29 is 8.78 Å². The number of rotatable bonds is 1. The monoisotopic (exact) mass is 193 g/mol. The highest BCUT2D eigenvalue weighted by atomic mass is 35.5. The number of hydrogen-bond donors (Lipinski definition) is 1. The van der Waals surface area contributed by atoms with Crippen molar-refractivity contribution in [3.05, 3.63) is 32.7 Å². The van der Waals surface area contributed by atoms with Gasteiger partial charge >= 0.3 is 0 Å². The van der Waals surface area contributed by atoms with Gasteiger partial charge in [-0.25, -0.2) is 8.78 Å². The van der Waals surface area contributed by atoms with E-state index in [-0.39, 0.29) is 16.3 Å². The minimum Gasteiger partial charge on any atom is -0.313 e. The highest BCUT2D eigenvalue weighted by Gasteiger charge is 2.13.